The van der Waals surface area contributed by atoms with Crippen molar-refractivity contribution in [3.8, 4) is 0 Å². The molecule has 0 spiro atoms. The summed E-state index contributed by atoms with van der Waals surface area (Å²) in [5, 5.41) is 4.55. The highest BCUT2D eigenvalue weighted by atomic mass is 16.2. The summed E-state index contributed by atoms with van der Waals surface area (Å²) in [6.07, 6.45) is 7.72. The third-order valence-electron chi connectivity index (χ3n) is 11.5. The van der Waals surface area contributed by atoms with Gasteiger partial charge in [0, 0.05) is 79.0 Å². The van der Waals surface area contributed by atoms with E-state index in [1.807, 2.05) is 12.1 Å². The Hall–Kier alpha value is -6.92. The molecule has 0 amide bonds. The number of Topliss-reactive ketones (excluding diaryl/α,β-unsaturated/α-hetero) is 4. The number of nitrogens with zero attached hydrogens (tertiary/aromatic N) is 2. The van der Waals surface area contributed by atoms with Crippen LogP contribution in [-0.2, 0) is 13.1 Å². The molecule has 6 heteroatoms. The number of unbranched alkanes of at least 4 members (excludes halogenated alkanes) is 3. The molecular formula is C50H36N2O4. The van der Waals surface area contributed by atoms with Crippen LogP contribution in [0.15, 0.2) is 145 Å². The average molecular weight is 729 g/mol. The number of aromatic nitrogens is 2. The third kappa shape index (κ3) is 5.40. The quantitative estimate of drug-likeness (QED) is 0.0842. The van der Waals surface area contributed by atoms with E-state index in [-0.39, 0.29) is 34.3 Å². The van der Waals surface area contributed by atoms with Gasteiger partial charge in [-0.1, -0.05) is 110 Å². The first-order valence-electron chi connectivity index (χ1n) is 19.3. The van der Waals surface area contributed by atoms with Crippen LogP contribution >= 0.6 is 0 Å². The van der Waals surface area contributed by atoms with E-state index in [0.717, 1.165) is 82.5 Å². The van der Waals surface area contributed by atoms with Crippen molar-refractivity contribution >= 4 is 78.9 Å². The largest absolute Gasteiger partial charge is 0.340 e. The maximum Gasteiger partial charge on any atom is 0.197 e. The fourth-order valence-electron chi connectivity index (χ4n) is 8.84. The summed E-state index contributed by atoms with van der Waals surface area (Å²) in [5.74, 6) is -0.844. The van der Waals surface area contributed by atoms with Crippen molar-refractivity contribution < 1.29 is 19.2 Å². The lowest BCUT2D eigenvalue weighted by Gasteiger charge is -2.10. The third-order valence-corrected chi connectivity index (χ3v) is 11.5. The summed E-state index contributed by atoms with van der Waals surface area (Å²) in [7, 11) is 0. The molecule has 2 aliphatic carbocycles. The van der Waals surface area contributed by atoms with E-state index >= 15 is 0 Å². The molecule has 6 aromatic carbocycles. The van der Waals surface area contributed by atoms with Crippen LogP contribution in [0, 0.1) is 0 Å². The zero-order chi connectivity index (χ0) is 37.9. The fourth-order valence-corrected chi connectivity index (χ4v) is 8.84. The van der Waals surface area contributed by atoms with Crippen molar-refractivity contribution in [3.63, 3.8) is 0 Å². The minimum absolute atomic E-state index is 0.211. The molecule has 270 valence electrons. The zero-order valence-corrected chi connectivity index (χ0v) is 30.6. The van der Waals surface area contributed by atoms with Crippen molar-refractivity contribution in [2.75, 3.05) is 0 Å². The summed E-state index contributed by atoms with van der Waals surface area (Å²) in [4.78, 5) is 52.3. The zero-order valence-electron chi connectivity index (χ0n) is 30.6. The normalized spacial score (nSPS) is 13.9. The monoisotopic (exact) mass is 728 g/mol. The van der Waals surface area contributed by atoms with Gasteiger partial charge in [-0.2, -0.15) is 0 Å². The van der Waals surface area contributed by atoms with Crippen LogP contribution in [0.1, 0.15) is 78.2 Å². The summed E-state index contributed by atoms with van der Waals surface area (Å²) in [5.41, 5.74) is 8.68. The number of aryl methyl sites for hydroxylation is 2. The SMILES string of the molecule is O=C1C(=Cc2ccc3c(c2)c2ccccc2n3CCCCCCn2c3ccccc3c3cc(C=C4C(=O)c5ccccc5C4=O)ccc32)C(=O)c2ccccc21. The van der Waals surface area contributed by atoms with Crippen molar-refractivity contribution in [2.24, 2.45) is 0 Å². The van der Waals surface area contributed by atoms with Gasteiger partial charge in [-0.25, -0.2) is 0 Å². The van der Waals surface area contributed by atoms with Crippen LogP contribution in [0.25, 0.3) is 55.8 Å². The Morgan fingerprint density at radius 1 is 0.357 bits per heavy atom. The molecular weight excluding hydrogens is 693 g/mol. The number of carbonyl (C=O) groups is 4. The van der Waals surface area contributed by atoms with Gasteiger partial charge in [-0.15, -0.1) is 0 Å². The maximum atomic E-state index is 13.1. The number of fused-ring (bicyclic) bond motifs is 8. The Morgan fingerprint density at radius 2 is 0.696 bits per heavy atom. The molecule has 8 aromatic rings. The fraction of sp³-hybridized carbons (Fsp3) is 0.120. The van der Waals surface area contributed by atoms with Gasteiger partial charge in [0.05, 0.1) is 11.1 Å². The number of hydrogen-bond acceptors (Lipinski definition) is 4. The second-order valence-corrected chi connectivity index (χ2v) is 14.8. The van der Waals surface area contributed by atoms with Crippen LogP contribution in [0.3, 0.4) is 0 Å². The van der Waals surface area contributed by atoms with E-state index in [1.165, 1.54) is 11.0 Å². The first kappa shape index (κ1) is 33.6. The highest BCUT2D eigenvalue weighted by Crippen LogP contribution is 2.35. The first-order valence-corrected chi connectivity index (χ1v) is 19.3. The molecule has 2 aromatic heterocycles. The van der Waals surface area contributed by atoms with Crippen LogP contribution in [0.2, 0.25) is 0 Å². The maximum absolute atomic E-state index is 13.1. The molecule has 0 fully saturated rings. The Labute approximate surface area is 323 Å². The Morgan fingerprint density at radius 3 is 1.09 bits per heavy atom. The Balaban J connectivity index is 0.843. The number of benzene rings is 6. The van der Waals surface area contributed by atoms with Gasteiger partial charge in [0.15, 0.2) is 23.1 Å². The number of hydrogen-bond donors (Lipinski definition) is 0. The van der Waals surface area contributed by atoms with Crippen LogP contribution in [-0.4, -0.2) is 32.3 Å². The van der Waals surface area contributed by atoms with Crippen molar-refractivity contribution in [1.82, 2.24) is 9.13 Å². The average Bonchev–Trinajstić information content (AvgIpc) is 3.88. The lowest BCUT2D eigenvalue weighted by atomic mass is 10.0. The first-order chi connectivity index (χ1) is 27.5. The van der Waals surface area contributed by atoms with Crippen molar-refractivity contribution in [1.29, 1.82) is 0 Å². The van der Waals surface area contributed by atoms with E-state index < -0.39 is 0 Å². The topological polar surface area (TPSA) is 78.1 Å². The molecule has 0 bridgehead atoms. The highest BCUT2D eigenvalue weighted by molar-refractivity contribution is 6.42. The smallest absolute Gasteiger partial charge is 0.197 e. The second kappa shape index (κ2) is 13.4. The minimum atomic E-state index is -0.211. The molecule has 56 heavy (non-hydrogen) atoms. The number of carbonyl (C=O) groups excluding carboxylic acids is 4. The molecule has 2 heterocycles. The van der Waals surface area contributed by atoms with Gasteiger partial charge >= 0.3 is 0 Å². The number of rotatable bonds is 9. The summed E-state index contributed by atoms with van der Waals surface area (Å²) >= 11 is 0. The van der Waals surface area contributed by atoms with Crippen molar-refractivity contribution in [2.45, 2.75) is 38.8 Å². The molecule has 10 rings (SSSR count). The lowest BCUT2D eigenvalue weighted by Crippen LogP contribution is -2.01. The molecule has 0 saturated heterocycles. The standard InChI is InChI=1S/C50H36N2O4/c53-47-35-15-3-4-16-36(35)48(54)41(47)29-31-21-23-45-39(27-31)33-13-7-9-19-43(33)51(45)25-11-1-2-12-26-52-44-20-10-8-14-34(44)40-28-32(22-24-46(40)52)30-42-49(55)37-17-5-6-18-38(37)50(42)56/h3-10,13-24,27-30H,1-2,11-12,25-26H2. The van der Waals surface area contributed by atoms with Crippen molar-refractivity contribution in [3.05, 3.63) is 178 Å². The van der Waals surface area contributed by atoms with Gasteiger partial charge in [-0.3, -0.25) is 19.2 Å². The van der Waals surface area contributed by atoms with Crippen LogP contribution < -0.4 is 0 Å². The summed E-state index contributed by atoms with van der Waals surface area (Å²) in [6, 6.07) is 43.4. The van der Waals surface area contributed by atoms with Gasteiger partial charge in [0.1, 0.15) is 0 Å². The minimum Gasteiger partial charge on any atom is -0.340 e. The molecule has 6 nitrogen and oxygen atoms in total. The molecule has 2 aliphatic rings. The molecule has 0 aliphatic heterocycles. The van der Waals surface area contributed by atoms with Gasteiger partial charge in [0.25, 0.3) is 0 Å². The molecule has 0 unspecified atom stereocenters. The second-order valence-electron chi connectivity index (χ2n) is 14.8. The number of allylic oxidation sites excluding steroid dienone is 2. The van der Waals surface area contributed by atoms with Gasteiger partial charge < -0.3 is 9.13 Å². The van der Waals surface area contributed by atoms with E-state index in [4.69, 9.17) is 0 Å². The predicted molar refractivity (Wildman–Crippen MR) is 224 cm³/mol. The predicted octanol–water partition coefficient (Wildman–Crippen LogP) is 11.1. The van der Waals surface area contributed by atoms with E-state index in [1.54, 1.807) is 60.7 Å². The Bertz CT molecular complexity index is 2780. The Kier molecular flexibility index (Phi) is 8.07. The number of ketones is 4. The summed E-state index contributed by atoms with van der Waals surface area (Å²) in [6.45, 7) is 1.78. The van der Waals surface area contributed by atoms with E-state index in [0.29, 0.717) is 22.3 Å². The molecule has 0 radical (unpaired) electrons. The van der Waals surface area contributed by atoms with Gasteiger partial charge in [0.2, 0.25) is 0 Å². The van der Waals surface area contributed by atoms with E-state index in [2.05, 4.69) is 81.9 Å². The lowest BCUT2D eigenvalue weighted by molar-refractivity contribution is 0.0975. The van der Waals surface area contributed by atoms with Gasteiger partial charge in [-0.05, 0) is 72.5 Å². The van der Waals surface area contributed by atoms with E-state index in [9.17, 15) is 19.2 Å². The van der Waals surface area contributed by atoms with Crippen LogP contribution in [0.5, 0.6) is 0 Å². The summed E-state index contributed by atoms with van der Waals surface area (Å²) < 4.78 is 4.79. The molecule has 0 atom stereocenters. The number of para-hydroxylation sites is 2. The highest BCUT2D eigenvalue weighted by Gasteiger charge is 2.33. The van der Waals surface area contributed by atoms with Crippen LogP contribution in [0.4, 0.5) is 0 Å². The molecule has 0 saturated carbocycles. The molecule has 0 N–H and O–H groups in total.